The van der Waals surface area contributed by atoms with Crippen molar-refractivity contribution in [2.75, 3.05) is 13.1 Å². The molecule has 0 bridgehead atoms. The zero-order valence-corrected chi connectivity index (χ0v) is 12.5. The Hall–Kier alpha value is -1.55. The third kappa shape index (κ3) is 6.57. The summed E-state index contributed by atoms with van der Waals surface area (Å²) in [5.74, 6) is -0.467. The molecule has 0 aliphatic carbocycles. The molecule has 2 amide bonds. The average Bonchev–Trinajstić information content (AvgIpc) is 2.44. The molecule has 0 aliphatic heterocycles. The fourth-order valence-electron chi connectivity index (χ4n) is 1.73. The number of halogens is 1. The Bertz CT molecular complexity index is 449. The van der Waals surface area contributed by atoms with Gasteiger partial charge in [-0.2, -0.15) is 0 Å². The third-order valence-electron chi connectivity index (χ3n) is 2.85. The van der Waals surface area contributed by atoms with Gasteiger partial charge in [-0.3, -0.25) is 9.59 Å². The highest BCUT2D eigenvalue weighted by Crippen LogP contribution is 2.10. The maximum atomic E-state index is 11.8. The van der Waals surface area contributed by atoms with E-state index >= 15 is 0 Å². The van der Waals surface area contributed by atoms with Crippen molar-refractivity contribution in [1.82, 2.24) is 10.6 Å². The molecule has 0 fully saturated rings. The monoisotopic (exact) mass is 296 g/mol. The lowest BCUT2D eigenvalue weighted by Gasteiger charge is -2.07. The maximum Gasteiger partial charge on any atom is 0.251 e. The van der Waals surface area contributed by atoms with E-state index in [1.807, 2.05) is 0 Å². The smallest absolute Gasteiger partial charge is 0.251 e. The molecule has 0 saturated heterocycles. The second kappa shape index (κ2) is 9.37. The van der Waals surface area contributed by atoms with Crippen LogP contribution in [0.4, 0.5) is 0 Å². The first kappa shape index (κ1) is 16.5. The third-order valence-corrected chi connectivity index (χ3v) is 3.08. The fourth-order valence-corrected chi connectivity index (χ4v) is 1.92. The van der Waals surface area contributed by atoms with Gasteiger partial charge in [0.2, 0.25) is 5.91 Å². The van der Waals surface area contributed by atoms with E-state index in [-0.39, 0.29) is 18.4 Å². The van der Waals surface area contributed by atoms with Gasteiger partial charge in [0.15, 0.2) is 0 Å². The van der Waals surface area contributed by atoms with Gasteiger partial charge in [0.05, 0.1) is 6.54 Å². The summed E-state index contributed by atoms with van der Waals surface area (Å²) in [6.45, 7) is 2.79. The minimum Gasteiger partial charge on any atom is -0.355 e. The Morgan fingerprint density at radius 2 is 1.95 bits per heavy atom. The molecule has 0 heterocycles. The van der Waals surface area contributed by atoms with E-state index in [4.69, 9.17) is 11.6 Å². The van der Waals surface area contributed by atoms with Gasteiger partial charge in [0, 0.05) is 17.1 Å². The van der Waals surface area contributed by atoms with Crippen LogP contribution in [0.5, 0.6) is 0 Å². The molecule has 110 valence electrons. The molecule has 0 spiro atoms. The summed E-state index contributed by atoms with van der Waals surface area (Å²) in [6.07, 6.45) is 4.44. The highest BCUT2D eigenvalue weighted by Gasteiger charge is 2.07. The van der Waals surface area contributed by atoms with Crippen molar-refractivity contribution in [1.29, 1.82) is 0 Å². The van der Waals surface area contributed by atoms with Crippen molar-refractivity contribution in [3.8, 4) is 0 Å². The summed E-state index contributed by atoms with van der Waals surface area (Å²) >= 11 is 5.80. The van der Waals surface area contributed by atoms with E-state index in [1.165, 1.54) is 12.8 Å². The Labute approximate surface area is 124 Å². The van der Waals surface area contributed by atoms with Crippen LogP contribution < -0.4 is 10.6 Å². The maximum absolute atomic E-state index is 11.8. The summed E-state index contributed by atoms with van der Waals surface area (Å²) < 4.78 is 0. The predicted molar refractivity (Wildman–Crippen MR) is 80.9 cm³/mol. The number of carbonyl (C=O) groups excluding carboxylic acids is 2. The molecule has 4 nitrogen and oxygen atoms in total. The molecular formula is C15H21ClN2O2. The van der Waals surface area contributed by atoms with Crippen LogP contribution >= 0.6 is 11.6 Å². The first-order chi connectivity index (χ1) is 9.63. The zero-order chi connectivity index (χ0) is 14.8. The first-order valence-electron chi connectivity index (χ1n) is 6.94. The SMILES string of the molecule is CCCCCCNC(=O)CNC(=O)c1cccc(Cl)c1. The van der Waals surface area contributed by atoms with Crippen molar-refractivity contribution in [2.45, 2.75) is 32.6 Å². The summed E-state index contributed by atoms with van der Waals surface area (Å²) in [6, 6.07) is 6.62. The van der Waals surface area contributed by atoms with Gasteiger partial charge in [0.1, 0.15) is 0 Å². The van der Waals surface area contributed by atoms with Gasteiger partial charge >= 0.3 is 0 Å². The quantitative estimate of drug-likeness (QED) is 0.725. The molecule has 0 aromatic heterocycles. The lowest BCUT2D eigenvalue weighted by atomic mass is 10.2. The number of benzene rings is 1. The van der Waals surface area contributed by atoms with Gasteiger partial charge in [0.25, 0.3) is 5.91 Å². The topological polar surface area (TPSA) is 58.2 Å². The van der Waals surface area contributed by atoms with Crippen LogP contribution in [0.1, 0.15) is 43.0 Å². The summed E-state index contributed by atoms with van der Waals surface area (Å²) in [5.41, 5.74) is 0.452. The number of unbranched alkanes of at least 4 members (excludes halogenated alkanes) is 3. The van der Waals surface area contributed by atoms with Crippen LogP contribution in [0.2, 0.25) is 5.02 Å². The number of hydrogen-bond donors (Lipinski definition) is 2. The van der Waals surface area contributed by atoms with Crippen molar-refractivity contribution >= 4 is 23.4 Å². The van der Waals surface area contributed by atoms with Gasteiger partial charge < -0.3 is 10.6 Å². The minimum absolute atomic E-state index is 0.0148. The highest BCUT2D eigenvalue weighted by molar-refractivity contribution is 6.30. The predicted octanol–water partition coefficient (Wildman–Crippen LogP) is 2.77. The van der Waals surface area contributed by atoms with E-state index in [0.29, 0.717) is 17.1 Å². The molecule has 0 unspecified atom stereocenters. The number of rotatable bonds is 8. The van der Waals surface area contributed by atoms with E-state index in [9.17, 15) is 9.59 Å². The van der Waals surface area contributed by atoms with Crippen molar-refractivity contribution in [3.05, 3.63) is 34.9 Å². The Morgan fingerprint density at radius 1 is 1.15 bits per heavy atom. The molecule has 1 rings (SSSR count). The van der Waals surface area contributed by atoms with Crippen LogP contribution in [0.15, 0.2) is 24.3 Å². The highest BCUT2D eigenvalue weighted by atomic mass is 35.5. The Morgan fingerprint density at radius 3 is 2.65 bits per heavy atom. The van der Waals surface area contributed by atoms with Gasteiger partial charge in [-0.25, -0.2) is 0 Å². The molecule has 0 atom stereocenters. The largest absolute Gasteiger partial charge is 0.355 e. The lowest BCUT2D eigenvalue weighted by molar-refractivity contribution is -0.120. The average molecular weight is 297 g/mol. The van der Waals surface area contributed by atoms with Crippen LogP contribution in [0.25, 0.3) is 0 Å². The Kier molecular flexibility index (Phi) is 7.73. The standard InChI is InChI=1S/C15H21ClN2O2/c1-2-3-4-5-9-17-14(19)11-18-15(20)12-7-6-8-13(16)10-12/h6-8,10H,2-5,9,11H2,1H3,(H,17,19)(H,18,20). The molecule has 1 aromatic carbocycles. The van der Waals surface area contributed by atoms with Crippen LogP contribution in [-0.4, -0.2) is 24.9 Å². The zero-order valence-electron chi connectivity index (χ0n) is 11.7. The number of amides is 2. The van der Waals surface area contributed by atoms with E-state index < -0.39 is 0 Å². The van der Waals surface area contributed by atoms with Gasteiger partial charge in [-0.05, 0) is 24.6 Å². The van der Waals surface area contributed by atoms with Crippen molar-refractivity contribution in [2.24, 2.45) is 0 Å². The van der Waals surface area contributed by atoms with E-state index in [1.54, 1.807) is 24.3 Å². The van der Waals surface area contributed by atoms with Crippen LogP contribution in [-0.2, 0) is 4.79 Å². The Balaban J connectivity index is 2.22. The molecule has 0 radical (unpaired) electrons. The molecule has 20 heavy (non-hydrogen) atoms. The minimum atomic E-state index is -0.298. The molecule has 5 heteroatoms. The normalized spacial score (nSPS) is 10.1. The number of hydrogen-bond acceptors (Lipinski definition) is 2. The summed E-state index contributed by atoms with van der Waals surface area (Å²) in [5, 5.41) is 5.85. The summed E-state index contributed by atoms with van der Waals surface area (Å²) in [7, 11) is 0. The van der Waals surface area contributed by atoms with E-state index in [2.05, 4.69) is 17.6 Å². The second-order valence-electron chi connectivity index (χ2n) is 4.60. The molecule has 2 N–H and O–H groups in total. The fraction of sp³-hybridized carbons (Fsp3) is 0.467. The lowest BCUT2D eigenvalue weighted by Crippen LogP contribution is -2.37. The molecule has 0 saturated carbocycles. The summed E-state index contributed by atoms with van der Waals surface area (Å²) in [4.78, 5) is 23.3. The van der Waals surface area contributed by atoms with Gasteiger partial charge in [-0.15, -0.1) is 0 Å². The van der Waals surface area contributed by atoms with Gasteiger partial charge in [-0.1, -0.05) is 43.9 Å². The molecule has 0 aliphatic rings. The van der Waals surface area contributed by atoms with Crippen molar-refractivity contribution < 1.29 is 9.59 Å². The van der Waals surface area contributed by atoms with Crippen molar-refractivity contribution in [3.63, 3.8) is 0 Å². The van der Waals surface area contributed by atoms with E-state index in [0.717, 1.165) is 12.8 Å². The second-order valence-corrected chi connectivity index (χ2v) is 5.04. The molecule has 1 aromatic rings. The number of carbonyl (C=O) groups is 2. The van der Waals surface area contributed by atoms with Crippen LogP contribution in [0, 0.1) is 0 Å². The molecular weight excluding hydrogens is 276 g/mol. The number of nitrogens with one attached hydrogen (secondary N) is 2. The van der Waals surface area contributed by atoms with Crippen LogP contribution in [0.3, 0.4) is 0 Å². The first-order valence-corrected chi connectivity index (χ1v) is 7.31.